The molecule has 2 aliphatic heterocycles. The van der Waals surface area contributed by atoms with E-state index in [0.717, 1.165) is 117 Å². The highest BCUT2D eigenvalue weighted by molar-refractivity contribution is 6.98. The number of hydrogen-bond donors (Lipinski definition) is 0. The van der Waals surface area contributed by atoms with Crippen LogP contribution in [0.2, 0.25) is 0 Å². The zero-order valence-electron chi connectivity index (χ0n) is 38.8. The maximum atomic E-state index is 7.26. The minimum atomic E-state index is -0.110. The number of aromatic nitrogens is 3. The standard InChI is InChI=1S/C66H40BN3O2/c1-5-19-41(20-6-1)43-33-35-51-56(37-43)71-58-39-47(40-59-63(58)67(51)52-36-34-44(38-57(52)72-59)42-21-7-2-8-22-42)70-55-32-18-15-29-50(55)62-65-60(48-27-13-16-30-53(48)68(65)45-23-9-3-10-24-45)64-61(66(62)70)49-28-14-17-31-54(49)69(64)46-25-11-4-12-26-46/h1-40H. The van der Waals surface area contributed by atoms with Crippen LogP contribution in [0.25, 0.3) is 105 Å². The number of rotatable bonds is 5. The van der Waals surface area contributed by atoms with E-state index in [1.165, 1.54) is 26.9 Å². The third-order valence-electron chi connectivity index (χ3n) is 15.3. The van der Waals surface area contributed by atoms with Crippen molar-refractivity contribution in [2.75, 3.05) is 0 Å². The zero-order valence-corrected chi connectivity index (χ0v) is 38.8. The van der Waals surface area contributed by atoms with Crippen LogP contribution in [-0.4, -0.2) is 20.4 Å². The first-order valence-electron chi connectivity index (χ1n) is 24.7. The van der Waals surface area contributed by atoms with Crippen LogP contribution in [0.5, 0.6) is 23.0 Å². The van der Waals surface area contributed by atoms with Gasteiger partial charge in [0, 0.05) is 61.3 Å². The zero-order chi connectivity index (χ0) is 47.0. The highest BCUT2D eigenvalue weighted by atomic mass is 16.5. The topological polar surface area (TPSA) is 33.2 Å². The van der Waals surface area contributed by atoms with E-state index in [9.17, 15) is 0 Å². The van der Waals surface area contributed by atoms with E-state index in [2.05, 4.69) is 256 Å². The van der Waals surface area contributed by atoms with Crippen molar-refractivity contribution >= 4 is 88.5 Å². The Labute approximate surface area is 414 Å². The Balaban J connectivity index is 1.06. The van der Waals surface area contributed by atoms with E-state index in [0.29, 0.717) is 0 Å². The number of benzene rings is 11. The molecule has 0 atom stereocenters. The number of hydrogen-bond acceptors (Lipinski definition) is 2. The minimum absolute atomic E-state index is 0.110. The van der Waals surface area contributed by atoms with Gasteiger partial charge in [-0.25, -0.2) is 0 Å². The molecule has 16 rings (SSSR count). The molecule has 5 nitrogen and oxygen atoms in total. The van der Waals surface area contributed by atoms with Gasteiger partial charge in [0.2, 0.25) is 0 Å². The summed E-state index contributed by atoms with van der Waals surface area (Å²) >= 11 is 0. The van der Waals surface area contributed by atoms with E-state index in [4.69, 9.17) is 9.47 Å². The highest BCUT2D eigenvalue weighted by Crippen LogP contribution is 2.51. The number of para-hydroxylation sites is 5. The summed E-state index contributed by atoms with van der Waals surface area (Å²) < 4.78 is 22.0. The van der Waals surface area contributed by atoms with Crippen molar-refractivity contribution in [2.45, 2.75) is 0 Å². The molecule has 0 aliphatic carbocycles. The van der Waals surface area contributed by atoms with Crippen LogP contribution in [0.15, 0.2) is 243 Å². The maximum absolute atomic E-state index is 7.26. The number of ether oxygens (including phenoxy) is 2. The number of nitrogens with zero attached hydrogens (tertiary/aromatic N) is 3. The molecule has 334 valence electrons. The third-order valence-corrected chi connectivity index (χ3v) is 15.3. The van der Waals surface area contributed by atoms with Gasteiger partial charge in [0.1, 0.15) is 23.0 Å². The molecule has 0 amide bonds. The maximum Gasteiger partial charge on any atom is 0.260 e. The van der Waals surface area contributed by atoms with E-state index < -0.39 is 0 Å². The predicted octanol–water partition coefficient (Wildman–Crippen LogP) is 15.0. The quantitative estimate of drug-likeness (QED) is 0.161. The average molecular weight is 918 g/mol. The summed E-state index contributed by atoms with van der Waals surface area (Å²) in [4.78, 5) is 0. The Kier molecular flexibility index (Phi) is 8.19. The Bertz CT molecular complexity index is 4370. The monoisotopic (exact) mass is 917 g/mol. The minimum Gasteiger partial charge on any atom is -0.458 e. The highest BCUT2D eigenvalue weighted by Gasteiger charge is 2.41. The largest absolute Gasteiger partial charge is 0.458 e. The summed E-state index contributed by atoms with van der Waals surface area (Å²) in [6, 6.07) is 87.6. The van der Waals surface area contributed by atoms with Gasteiger partial charge in [-0.2, -0.15) is 0 Å². The van der Waals surface area contributed by atoms with Gasteiger partial charge in [0.15, 0.2) is 0 Å². The van der Waals surface area contributed by atoms with E-state index in [1.807, 2.05) is 0 Å². The first kappa shape index (κ1) is 39.3. The Morgan fingerprint density at radius 1 is 0.278 bits per heavy atom. The molecule has 3 aromatic heterocycles. The lowest BCUT2D eigenvalue weighted by Gasteiger charge is -2.34. The van der Waals surface area contributed by atoms with Crippen molar-refractivity contribution in [3.8, 4) is 62.3 Å². The van der Waals surface area contributed by atoms with E-state index in [-0.39, 0.29) is 6.71 Å². The molecule has 0 fully saturated rings. The van der Waals surface area contributed by atoms with Crippen LogP contribution in [0.3, 0.4) is 0 Å². The Morgan fingerprint density at radius 3 is 1.03 bits per heavy atom. The molecule has 0 saturated heterocycles. The van der Waals surface area contributed by atoms with Gasteiger partial charge < -0.3 is 23.2 Å². The molecule has 0 radical (unpaired) electrons. The van der Waals surface area contributed by atoms with Gasteiger partial charge >= 0.3 is 0 Å². The van der Waals surface area contributed by atoms with Gasteiger partial charge in [-0.3, -0.25) is 0 Å². The third kappa shape index (κ3) is 5.49. The lowest BCUT2D eigenvalue weighted by molar-refractivity contribution is 0.464. The summed E-state index contributed by atoms with van der Waals surface area (Å²) in [5, 5.41) is 7.13. The molecular formula is C66H40BN3O2. The molecular weight excluding hydrogens is 878 g/mol. The first-order valence-corrected chi connectivity index (χ1v) is 24.7. The Hall–Kier alpha value is -9.52. The van der Waals surface area contributed by atoms with Crippen molar-refractivity contribution in [3.63, 3.8) is 0 Å². The number of fused-ring (bicyclic) bond motifs is 16. The van der Waals surface area contributed by atoms with Crippen LogP contribution in [0.1, 0.15) is 0 Å². The van der Waals surface area contributed by atoms with Crippen molar-refractivity contribution in [2.24, 2.45) is 0 Å². The second-order valence-electron chi connectivity index (χ2n) is 19.1. The summed E-state index contributed by atoms with van der Waals surface area (Å²) in [5.74, 6) is 3.27. The molecule has 6 heteroatoms. The Morgan fingerprint density at radius 2 is 0.625 bits per heavy atom. The molecule has 0 saturated carbocycles. The fourth-order valence-corrected chi connectivity index (χ4v) is 12.3. The SMILES string of the molecule is c1ccc(-c2ccc3c(c2)Oc2cc(-n4c5ccccc5c5c6c(c7ccccc7n6-c6ccccc6)c6c(c7ccccc7n6-c6ccccc6)c54)cc4c2B3c2ccc(-c3ccccc3)cc2O4)cc1. The predicted molar refractivity (Wildman–Crippen MR) is 298 cm³/mol. The molecule has 72 heavy (non-hydrogen) atoms. The van der Waals surface area contributed by atoms with Gasteiger partial charge in [0.25, 0.3) is 6.71 Å². The molecule has 0 unspecified atom stereocenters. The van der Waals surface area contributed by atoms with Crippen LogP contribution in [0, 0.1) is 0 Å². The van der Waals surface area contributed by atoms with Crippen molar-refractivity contribution in [3.05, 3.63) is 243 Å². The molecule has 0 N–H and O–H groups in total. The molecule has 0 spiro atoms. The van der Waals surface area contributed by atoms with Crippen LogP contribution >= 0.6 is 0 Å². The van der Waals surface area contributed by atoms with E-state index in [1.54, 1.807) is 0 Å². The first-order chi connectivity index (χ1) is 35.7. The van der Waals surface area contributed by atoms with Crippen LogP contribution < -0.4 is 25.9 Å². The van der Waals surface area contributed by atoms with Crippen molar-refractivity contribution in [1.29, 1.82) is 0 Å². The molecule has 14 aromatic rings. The smallest absolute Gasteiger partial charge is 0.260 e. The van der Waals surface area contributed by atoms with Crippen LogP contribution in [0.4, 0.5) is 0 Å². The van der Waals surface area contributed by atoms with E-state index >= 15 is 0 Å². The summed E-state index contributed by atoms with van der Waals surface area (Å²) in [7, 11) is 0. The summed E-state index contributed by atoms with van der Waals surface area (Å²) in [6.45, 7) is -0.110. The van der Waals surface area contributed by atoms with Crippen molar-refractivity contribution < 1.29 is 9.47 Å². The summed E-state index contributed by atoms with van der Waals surface area (Å²) in [5.41, 5.74) is 17.8. The molecule has 5 heterocycles. The fraction of sp³-hybridized carbons (Fsp3) is 0. The fourth-order valence-electron chi connectivity index (χ4n) is 12.3. The van der Waals surface area contributed by atoms with Gasteiger partial charge in [-0.05, 0) is 87.8 Å². The normalized spacial score (nSPS) is 12.6. The van der Waals surface area contributed by atoms with Crippen LogP contribution in [-0.2, 0) is 0 Å². The van der Waals surface area contributed by atoms with Gasteiger partial charge in [0.05, 0.1) is 38.8 Å². The summed E-state index contributed by atoms with van der Waals surface area (Å²) in [6.07, 6.45) is 0. The second-order valence-corrected chi connectivity index (χ2v) is 19.1. The average Bonchev–Trinajstić information content (AvgIpc) is 4.10. The second kappa shape index (κ2) is 15.0. The molecule has 11 aromatic carbocycles. The molecule has 0 bridgehead atoms. The van der Waals surface area contributed by atoms with Crippen molar-refractivity contribution in [1.82, 2.24) is 13.7 Å². The molecule has 2 aliphatic rings. The lowest BCUT2D eigenvalue weighted by atomic mass is 9.34. The van der Waals surface area contributed by atoms with Gasteiger partial charge in [-0.15, -0.1) is 0 Å². The van der Waals surface area contributed by atoms with Gasteiger partial charge in [-0.1, -0.05) is 176 Å². The lowest BCUT2D eigenvalue weighted by Crippen LogP contribution is -2.57.